The summed E-state index contributed by atoms with van der Waals surface area (Å²) in [6.45, 7) is 1.75. The van der Waals surface area contributed by atoms with Gasteiger partial charge in [-0.05, 0) is 55.4 Å². The molecule has 32 heavy (non-hydrogen) atoms. The van der Waals surface area contributed by atoms with Gasteiger partial charge in [-0.3, -0.25) is 14.9 Å². The van der Waals surface area contributed by atoms with Crippen molar-refractivity contribution in [3.63, 3.8) is 0 Å². The molecule has 0 unspecified atom stereocenters. The number of hydrogen-bond donors (Lipinski definition) is 1. The molecule has 1 N–H and O–H groups in total. The number of aryl methyl sites for hydroxylation is 1. The van der Waals surface area contributed by atoms with E-state index >= 15 is 0 Å². The van der Waals surface area contributed by atoms with Crippen molar-refractivity contribution in [2.75, 3.05) is 20.3 Å². The highest BCUT2D eigenvalue weighted by atomic mass is 32.2. The Labute approximate surface area is 186 Å². The first-order chi connectivity index (χ1) is 15.3. The number of amides is 1. The number of ether oxygens (including phenoxy) is 2. The fraction of sp³-hybridized carbons (Fsp3) is 0.409. The molecule has 0 bridgehead atoms. The van der Waals surface area contributed by atoms with Gasteiger partial charge in [0.2, 0.25) is 0 Å². The van der Waals surface area contributed by atoms with Crippen LogP contribution < -0.4 is 4.72 Å². The van der Waals surface area contributed by atoms with Gasteiger partial charge < -0.3 is 9.47 Å². The molecule has 0 spiro atoms. The first kappa shape index (κ1) is 23.8. The summed E-state index contributed by atoms with van der Waals surface area (Å²) in [5, 5.41) is 11.6. The third kappa shape index (κ3) is 6.12. The standard InChI is InChI=1S/C22H26N2O7S/c1-30-15-17-3-6-19(7-4-17)22(25)23-32(28,29)20-9-8-18(21(14-20)24(26)27)5-2-16-10-12-31-13-11-16/h3-4,6-9,14,16H,2,5,10-13,15H2,1H3,(H,23,25). The van der Waals surface area contributed by atoms with Crippen molar-refractivity contribution in [3.05, 3.63) is 69.3 Å². The molecule has 0 aliphatic carbocycles. The van der Waals surface area contributed by atoms with Gasteiger partial charge in [0.15, 0.2) is 0 Å². The molecule has 1 amide bonds. The van der Waals surface area contributed by atoms with E-state index in [9.17, 15) is 23.3 Å². The highest BCUT2D eigenvalue weighted by Gasteiger charge is 2.24. The predicted molar refractivity (Wildman–Crippen MR) is 117 cm³/mol. The number of benzene rings is 2. The first-order valence-electron chi connectivity index (χ1n) is 10.3. The van der Waals surface area contributed by atoms with E-state index < -0.39 is 20.9 Å². The number of hydrogen-bond acceptors (Lipinski definition) is 7. The Balaban J connectivity index is 1.74. The second-order valence-electron chi connectivity index (χ2n) is 7.71. The van der Waals surface area contributed by atoms with Gasteiger partial charge in [-0.1, -0.05) is 18.2 Å². The topological polar surface area (TPSA) is 125 Å². The summed E-state index contributed by atoms with van der Waals surface area (Å²) in [6.07, 6.45) is 3.07. The van der Waals surface area contributed by atoms with Crippen molar-refractivity contribution in [2.24, 2.45) is 5.92 Å². The summed E-state index contributed by atoms with van der Waals surface area (Å²) in [4.78, 5) is 23.1. The Morgan fingerprint density at radius 1 is 1.19 bits per heavy atom. The smallest absolute Gasteiger partial charge is 0.273 e. The molecule has 9 nitrogen and oxygen atoms in total. The molecule has 1 heterocycles. The average molecular weight is 463 g/mol. The molecule has 1 aliphatic heterocycles. The van der Waals surface area contributed by atoms with Crippen LogP contribution in [0, 0.1) is 16.0 Å². The number of nitrogens with one attached hydrogen (secondary N) is 1. The molecule has 1 saturated heterocycles. The number of rotatable bonds is 9. The van der Waals surface area contributed by atoms with E-state index in [0.29, 0.717) is 37.7 Å². The molecule has 0 saturated carbocycles. The third-order valence-corrected chi connectivity index (χ3v) is 6.81. The average Bonchev–Trinajstić information content (AvgIpc) is 2.78. The maximum atomic E-state index is 12.7. The van der Waals surface area contributed by atoms with Crippen LogP contribution in [0.3, 0.4) is 0 Å². The van der Waals surface area contributed by atoms with Crippen LogP contribution in [0.1, 0.15) is 40.7 Å². The van der Waals surface area contributed by atoms with E-state index in [1.165, 1.54) is 24.3 Å². The number of nitro benzene ring substituents is 1. The maximum Gasteiger partial charge on any atom is 0.273 e. The second-order valence-corrected chi connectivity index (χ2v) is 9.39. The fourth-order valence-electron chi connectivity index (χ4n) is 3.65. The van der Waals surface area contributed by atoms with E-state index in [1.807, 2.05) is 4.72 Å². The molecular formula is C22H26N2O7S. The van der Waals surface area contributed by atoms with Crippen LogP contribution in [0.2, 0.25) is 0 Å². The number of methoxy groups -OCH3 is 1. The molecule has 0 atom stereocenters. The van der Waals surface area contributed by atoms with E-state index in [2.05, 4.69) is 0 Å². The molecule has 2 aromatic carbocycles. The van der Waals surface area contributed by atoms with E-state index in [0.717, 1.165) is 30.9 Å². The number of nitrogens with zero attached hydrogens (tertiary/aromatic N) is 1. The molecule has 0 radical (unpaired) electrons. The second kappa shape index (κ2) is 10.7. The van der Waals surface area contributed by atoms with Crippen molar-refractivity contribution < 1.29 is 27.6 Å². The summed E-state index contributed by atoms with van der Waals surface area (Å²) in [7, 11) is -2.74. The van der Waals surface area contributed by atoms with E-state index in [-0.39, 0.29) is 16.1 Å². The third-order valence-electron chi connectivity index (χ3n) is 5.48. The van der Waals surface area contributed by atoms with Crippen LogP contribution in [-0.2, 0) is 32.5 Å². The maximum absolute atomic E-state index is 12.7. The minimum absolute atomic E-state index is 0.149. The highest BCUT2D eigenvalue weighted by molar-refractivity contribution is 7.90. The van der Waals surface area contributed by atoms with Gasteiger partial charge in [0.1, 0.15) is 0 Å². The first-order valence-corrected chi connectivity index (χ1v) is 11.8. The molecule has 10 heteroatoms. The Hall–Kier alpha value is -2.82. The summed E-state index contributed by atoms with van der Waals surface area (Å²) in [5.74, 6) is -0.387. The van der Waals surface area contributed by atoms with Crippen molar-refractivity contribution in [2.45, 2.75) is 37.2 Å². The van der Waals surface area contributed by atoms with E-state index in [1.54, 1.807) is 19.2 Å². The fourth-order valence-corrected chi connectivity index (χ4v) is 4.64. The van der Waals surface area contributed by atoms with Crippen LogP contribution in [0.25, 0.3) is 0 Å². The lowest BCUT2D eigenvalue weighted by atomic mass is 9.92. The Bertz CT molecular complexity index is 1060. The molecule has 1 fully saturated rings. The van der Waals surface area contributed by atoms with Gasteiger partial charge in [-0.15, -0.1) is 0 Å². The normalized spacial score (nSPS) is 14.8. The SMILES string of the molecule is COCc1ccc(C(=O)NS(=O)(=O)c2ccc(CCC3CCOCC3)c([N+](=O)[O-])c2)cc1. The number of nitro groups is 1. The van der Waals surface area contributed by atoms with Gasteiger partial charge in [0.25, 0.3) is 21.6 Å². The lowest BCUT2D eigenvalue weighted by molar-refractivity contribution is -0.385. The monoisotopic (exact) mass is 462 g/mol. The Kier molecular flexibility index (Phi) is 7.94. The highest BCUT2D eigenvalue weighted by Crippen LogP contribution is 2.27. The van der Waals surface area contributed by atoms with Crippen molar-refractivity contribution in [1.29, 1.82) is 0 Å². The predicted octanol–water partition coefficient (Wildman–Crippen LogP) is 3.22. The number of sulfonamides is 1. The molecule has 3 rings (SSSR count). The summed E-state index contributed by atoms with van der Waals surface area (Å²) in [5.41, 5.74) is 1.19. The van der Waals surface area contributed by atoms with Gasteiger partial charge in [0, 0.05) is 37.5 Å². The van der Waals surface area contributed by atoms with Crippen LogP contribution in [0.5, 0.6) is 0 Å². The van der Waals surface area contributed by atoms with Gasteiger partial charge in [-0.2, -0.15) is 0 Å². The number of carbonyl (C=O) groups excluding carboxylic acids is 1. The summed E-state index contributed by atoms with van der Waals surface area (Å²) >= 11 is 0. The van der Waals surface area contributed by atoms with Crippen LogP contribution in [0.15, 0.2) is 47.4 Å². The lowest BCUT2D eigenvalue weighted by Crippen LogP contribution is -2.30. The minimum Gasteiger partial charge on any atom is -0.381 e. The zero-order valence-corrected chi connectivity index (χ0v) is 18.6. The molecular weight excluding hydrogens is 436 g/mol. The molecule has 1 aliphatic rings. The molecule has 0 aromatic heterocycles. The van der Waals surface area contributed by atoms with Gasteiger partial charge in [0.05, 0.1) is 16.4 Å². The summed E-state index contributed by atoms with van der Waals surface area (Å²) in [6, 6.07) is 10.0. The van der Waals surface area contributed by atoms with Crippen LogP contribution >= 0.6 is 0 Å². The van der Waals surface area contributed by atoms with Gasteiger partial charge in [-0.25, -0.2) is 13.1 Å². The quantitative estimate of drug-likeness (QED) is 0.448. The minimum atomic E-state index is -4.28. The molecule has 2 aromatic rings. The lowest BCUT2D eigenvalue weighted by Gasteiger charge is -2.21. The van der Waals surface area contributed by atoms with Crippen molar-refractivity contribution in [1.82, 2.24) is 4.72 Å². The molecule has 172 valence electrons. The Morgan fingerprint density at radius 2 is 1.88 bits per heavy atom. The van der Waals surface area contributed by atoms with Gasteiger partial charge >= 0.3 is 0 Å². The largest absolute Gasteiger partial charge is 0.381 e. The van der Waals surface area contributed by atoms with E-state index in [4.69, 9.17) is 9.47 Å². The zero-order chi connectivity index (χ0) is 23.1. The van der Waals surface area contributed by atoms with Crippen molar-refractivity contribution in [3.8, 4) is 0 Å². The Morgan fingerprint density at radius 3 is 2.50 bits per heavy atom. The zero-order valence-electron chi connectivity index (χ0n) is 17.8. The van der Waals surface area contributed by atoms with Crippen LogP contribution in [0.4, 0.5) is 5.69 Å². The van der Waals surface area contributed by atoms with Crippen molar-refractivity contribution >= 4 is 21.6 Å². The van der Waals surface area contributed by atoms with Crippen LogP contribution in [-0.4, -0.2) is 39.6 Å². The number of carbonyl (C=O) groups is 1. The summed E-state index contributed by atoms with van der Waals surface area (Å²) < 4.78 is 37.7.